The standard InChI is InChI=1S/C17H21F3N4OS/c1-21-16(23-10-13(25-2)12-6-4-3-5-7-12)22-9-8-15-24-14(11-26-15)17(18,19)20/h3-7,11,13H,8-10H2,1-2H3,(H2,21,22,23). The van der Waals surface area contributed by atoms with Crippen LogP contribution >= 0.6 is 11.3 Å². The van der Waals surface area contributed by atoms with Crippen molar-refractivity contribution < 1.29 is 17.9 Å². The third kappa shape index (κ3) is 5.99. The van der Waals surface area contributed by atoms with Crippen molar-refractivity contribution in [1.29, 1.82) is 0 Å². The zero-order valence-corrected chi connectivity index (χ0v) is 15.3. The van der Waals surface area contributed by atoms with E-state index in [0.717, 1.165) is 22.3 Å². The number of guanidine groups is 1. The summed E-state index contributed by atoms with van der Waals surface area (Å²) in [6.07, 6.45) is -4.15. The molecule has 0 bridgehead atoms. The highest BCUT2D eigenvalue weighted by Gasteiger charge is 2.33. The molecule has 1 heterocycles. The number of rotatable bonds is 7. The van der Waals surface area contributed by atoms with E-state index in [4.69, 9.17) is 4.74 Å². The second-order valence-electron chi connectivity index (χ2n) is 5.39. The molecule has 2 aromatic rings. The first kappa shape index (κ1) is 20.2. The molecular weight excluding hydrogens is 365 g/mol. The van der Waals surface area contributed by atoms with Crippen LogP contribution in [0.5, 0.6) is 0 Å². The van der Waals surface area contributed by atoms with Gasteiger partial charge < -0.3 is 15.4 Å². The fourth-order valence-corrected chi connectivity index (χ4v) is 3.06. The van der Waals surface area contributed by atoms with Gasteiger partial charge in [0.2, 0.25) is 0 Å². The summed E-state index contributed by atoms with van der Waals surface area (Å²) in [5.74, 6) is 0.551. The summed E-state index contributed by atoms with van der Waals surface area (Å²) >= 11 is 1.00. The topological polar surface area (TPSA) is 58.5 Å². The largest absolute Gasteiger partial charge is 0.434 e. The normalized spacial score (nSPS) is 13.5. The molecule has 0 saturated carbocycles. The Hall–Kier alpha value is -2.13. The van der Waals surface area contributed by atoms with Gasteiger partial charge in [-0.05, 0) is 5.56 Å². The summed E-state index contributed by atoms with van der Waals surface area (Å²) in [6, 6.07) is 9.78. The van der Waals surface area contributed by atoms with Crippen molar-refractivity contribution in [3.05, 3.63) is 52.0 Å². The summed E-state index contributed by atoms with van der Waals surface area (Å²) in [6.45, 7) is 0.934. The van der Waals surface area contributed by atoms with Crippen LogP contribution in [-0.4, -0.2) is 38.2 Å². The number of nitrogens with zero attached hydrogens (tertiary/aromatic N) is 2. The van der Waals surface area contributed by atoms with E-state index >= 15 is 0 Å². The fourth-order valence-electron chi connectivity index (χ4n) is 2.26. The minimum Gasteiger partial charge on any atom is -0.375 e. The summed E-state index contributed by atoms with van der Waals surface area (Å²) in [5.41, 5.74) is 0.200. The zero-order valence-electron chi connectivity index (χ0n) is 14.5. The van der Waals surface area contributed by atoms with Crippen LogP contribution in [0.15, 0.2) is 40.7 Å². The first-order valence-corrected chi connectivity index (χ1v) is 8.86. The van der Waals surface area contributed by atoms with Crippen molar-refractivity contribution in [3.8, 4) is 0 Å². The number of alkyl halides is 3. The number of aromatic nitrogens is 1. The van der Waals surface area contributed by atoms with E-state index in [1.54, 1.807) is 14.2 Å². The number of benzene rings is 1. The summed E-state index contributed by atoms with van der Waals surface area (Å²) < 4.78 is 43.1. The highest BCUT2D eigenvalue weighted by Crippen LogP contribution is 2.29. The Morgan fingerprint density at radius 3 is 2.58 bits per heavy atom. The molecule has 0 spiro atoms. The quantitative estimate of drug-likeness (QED) is 0.567. The van der Waals surface area contributed by atoms with E-state index in [2.05, 4.69) is 20.6 Å². The van der Waals surface area contributed by atoms with Crippen LogP contribution in [0.4, 0.5) is 13.2 Å². The second-order valence-corrected chi connectivity index (χ2v) is 6.33. The minimum atomic E-state index is -4.40. The predicted molar refractivity (Wildman–Crippen MR) is 96.4 cm³/mol. The Morgan fingerprint density at radius 1 is 1.27 bits per heavy atom. The van der Waals surface area contributed by atoms with Crippen molar-refractivity contribution in [2.24, 2.45) is 4.99 Å². The smallest absolute Gasteiger partial charge is 0.375 e. The van der Waals surface area contributed by atoms with Gasteiger partial charge in [-0.1, -0.05) is 30.3 Å². The zero-order chi connectivity index (χ0) is 19.0. The van der Waals surface area contributed by atoms with Crippen molar-refractivity contribution >= 4 is 17.3 Å². The first-order chi connectivity index (χ1) is 12.4. The van der Waals surface area contributed by atoms with Crippen molar-refractivity contribution in [1.82, 2.24) is 15.6 Å². The summed E-state index contributed by atoms with van der Waals surface area (Å²) in [5, 5.41) is 7.68. The Kier molecular flexibility index (Phi) is 7.40. The molecule has 2 rings (SSSR count). The van der Waals surface area contributed by atoms with E-state index in [1.165, 1.54) is 0 Å². The number of aliphatic imine (C=N–C) groups is 1. The predicted octanol–water partition coefficient (Wildman–Crippen LogP) is 3.26. The maximum Gasteiger partial charge on any atom is 0.434 e. The fraction of sp³-hybridized carbons (Fsp3) is 0.412. The van der Waals surface area contributed by atoms with Crippen LogP contribution in [0.25, 0.3) is 0 Å². The molecule has 0 radical (unpaired) electrons. The number of halogens is 3. The molecule has 0 aliphatic carbocycles. The summed E-state index contributed by atoms with van der Waals surface area (Å²) in [4.78, 5) is 7.71. The maximum absolute atomic E-state index is 12.5. The lowest BCUT2D eigenvalue weighted by Gasteiger charge is -2.18. The van der Waals surface area contributed by atoms with Gasteiger partial charge in [-0.25, -0.2) is 4.98 Å². The van der Waals surface area contributed by atoms with E-state index in [0.29, 0.717) is 30.5 Å². The molecule has 0 aliphatic rings. The van der Waals surface area contributed by atoms with Gasteiger partial charge in [-0.3, -0.25) is 4.99 Å². The number of thiazole rings is 1. The van der Waals surface area contributed by atoms with Crippen molar-refractivity contribution in [2.75, 3.05) is 27.2 Å². The molecule has 0 amide bonds. The van der Waals surface area contributed by atoms with E-state index in [1.807, 2.05) is 30.3 Å². The molecule has 0 saturated heterocycles. The SMILES string of the molecule is CN=C(NCCc1nc(C(F)(F)F)cs1)NCC(OC)c1ccccc1. The monoisotopic (exact) mass is 386 g/mol. The van der Waals surface area contributed by atoms with Crippen LogP contribution in [-0.2, 0) is 17.3 Å². The molecule has 0 fully saturated rings. The number of nitrogens with one attached hydrogen (secondary N) is 2. The lowest BCUT2D eigenvalue weighted by Crippen LogP contribution is -2.40. The molecular formula is C17H21F3N4OS. The average molecular weight is 386 g/mol. The van der Waals surface area contributed by atoms with Gasteiger partial charge in [-0.15, -0.1) is 11.3 Å². The van der Waals surface area contributed by atoms with Gasteiger partial charge in [0.25, 0.3) is 0 Å². The average Bonchev–Trinajstić information content (AvgIpc) is 3.11. The third-order valence-electron chi connectivity index (χ3n) is 3.61. The molecule has 1 aromatic carbocycles. The molecule has 2 N–H and O–H groups in total. The van der Waals surface area contributed by atoms with Gasteiger partial charge in [-0.2, -0.15) is 13.2 Å². The number of hydrogen-bond donors (Lipinski definition) is 2. The third-order valence-corrected chi connectivity index (χ3v) is 4.52. The number of hydrogen-bond acceptors (Lipinski definition) is 4. The highest BCUT2D eigenvalue weighted by atomic mass is 32.1. The number of methoxy groups -OCH3 is 1. The van der Waals surface area contributed by atoms with E-state index in [9.17, 15) is 13.2 Å². The maximum atomic E-state index is 12.5. The second kappa shape index (κ2) is 9.54. The van der Waals surface area contributed by atoms with Crippen LogP contribution in [0.3, 0.4) is 0 Å². The Labute approximate surface area is 154 Å². The summed E-state index contributed by atoms with van der Waals surface area (Å²) in [7, 11) is 3.26. The molecule has 142 valence electrons. The highest BCUT2D eigenvalue weighted by molar-refractivity contribution is 7.09. The number of ether oxygens (including phenoxy) is 1. The lowest BCUT2D eigenvalue weighted by molar-refractivity contribution is -0.140. The Balaban J connectivity index is 1.80. The van der Waals surface area contributed by atoms with E-state index in [-0.39, 0.29) is 6.10 Å². The molecule has 1 unspecified atom stereocenters. The van der Waals surface area contributed by atoms with Gasteiger partial charge >= 0.3 is 6.18 Å². The molecule has 1 aromatic heterocycles. The van der Waals surface area contributed by atoms with Gasteiger partial charge in [0.1, 0.15) is 0 Å². The Morgan fingerprint density at radius 2 is 2.00 bits per heavy atom. The molecule has 9 heteroatoms. The van der Waals surface area contributed by atoms with Crippen LogP contribution < -0.4 is 10.6 Å². The molecule has 1 atom stereocenters. The lowest BCUT2D eigenvalue weighted by atomic mass is 10.1. The molecule has 0 aliphatic heterocycles. The molecule has 5 nitrogen and oxygen atoms in total. The van der Waals surface area contributed by atoms with Gasteiger partial charge in [0.05, 0.1) is 11.1 Å². The van der Waals surface area contributed by atoms with E-state index < -0.39 is 11.9 Å². The van der Waals surface area contributed by atoms with Crippen LogP contribution in [0.2, 0.25) is 0 Å². The minimum absolute atomic E-state index is 0.136. The molecule has 26 heavy (non-hydrogen) atoms. The van der Waals surface area contributed by atoms with Crippen LogP contribution in [0, 0.1) is 0 Å². The van der Waals surface area contributed by atoms with Gasteiger partial charge in [0.15, 0.2) is 11.7 Å². The van der Waals surface area contributed by atoms with Crippen LogP contribution in [0.1, 0.15) is 22.4 Å². The first-order valence-electron chi connectivity index (χ1n) is 7.98. The van der Waals surface area contributed by atoms with Gasteiger partial charge in [0, 0.05) is 39.0 Å². The Bertz CT molecular complexity index is 704. The van der Waals surface area contributed by atoms with Crippen molar-refractivity contribution in [2.45, 2.75) is 18.7 Å². The van der Waals surface area contributed by atoms with Crippen molar-refractivity contribution in [3.63, 3.8) is 0 Å².